The van der Waals surface area contributed by atoms with Crippen LogP contribution in [0.2, 0.25) is 0 Å². The Hall–Kier alpha value is -2.70. The molecule has 1 aromatic carbocycles. The second-order valence-corrected chi connectivity index (χ2v) is 4.60. The fraction of sp³-hybridized carbons (Fsp3) is 0.286. The van der Waals surface area contributed by atoms with E-state index in [0.29, 0.717) is 13.0 Å². The van der Waals surface area contributed by atoms with Gasteiger partial charge in [0, 0.05) is 19.5 Å². The topological polar surface area (TPSA) is 105 Å². The summed E-state index contributed by atoms with van der Waals surface area (Å²) in [6.07, 6.45) is 2.18. The van der Waals surface area contributed by atoms with Crippen LogP contribution in [0.3, 0.4) is 0 Å². The lowest BCUT2D eigenvalue weighted by Crippen LogP contribution is -2.36. The Labute approximate surface area is 122 Å². The number of nitrogens with zero attached hydrogens (tertiary/aromatic N) is 3. The van der Waals surface area contributed by atoms with Gasteiger partial charge in [-0.3, -0.25) is 9.59 Å². The highest BCUT2D eigenvalue weighted by Crippen LogP contribution is 2.05. The van der Waals surface area contributed by atoms with Crippen molar-refractivity contribution >= 4 is 11.8 Å². The van der Waals surface area contributed by atoms with E-state index in [9.17, 15) is 9.59 Å². The van der Waals surface area contributed by atoms with Crippen molar-refractivity contribution in [2.75, 3.05) is 13.1 Å². The predicted octanol–water partition coefficient (Wildman–Crippen LogP) is 0.365. The van der Waals surface area contributed by atoms with Gasteiger partial charge >= 0.3 is 0 Å². The normalized spacial score (nSPS) is 10.3. The van der Waals surface area contributed by atoms with Gasteiger partial charge in [-0.1, -0.05) is 30.3 Å². The molecule has 0 unspecified atom stereocenters. The summed E-state index contributed by atoms with van der Waals surface area (Å²) in [4.78, 5) is 24.8. The van der Waals surface area contributed by atoms with Crippen LogP contribution in [0.4, 0.5) is 0 Å². The summed E-state index contributed by atoms with van der Waals surface area (Å²) in [6, 6.07) is 9.82. The molecule has 0 bridgehead atoms. The molecule has 0 aliphatic carbocycles. The summed E-state index contributed by atoms with van der Waals surface area (Å²) in [6.45, 7) is 0.761. The minimum Gasteiger partial charge on any atom is -0.370 e. The SMILES string of the molecule is NC(=O)CCN(CCc1ccccc1)C(=O)c1cn[nH]n1. The smallest absolute Gasteiger partial charge is 0.276 e. The van der Waals surface area contributed by atoms with E-state index in [-0.39, 0.29) is 24.6 Å². The molecule has 7 nitrogen and oxygen atoms in total. The van der Waals surface area contributed by atoms with Gasteiger partial charge in [0.1, 0.15) is 0 Å². The number of primary amides is 1. The van der Waals surface area contributed by atoms with Crippen LogP contribution in [0.1, 0.15) is 22.5 Å². The molecular formula is C14H17N5O2. The number of hydrogen-bond donors (Lipinski definition) is 2. The Morgan fingerprint density at radius 3 is 2.57 bits per heavy atom. The van der Waals surface area contributed by atoms with Crippen LogP contribution in [0.5, 0.6) is 0 Å². The fourth-order valence-corrected chi connectivity index (χ4v) is 1.94. The number of aromatic nitrogens is 3. The molecule has 0 saturated heterocycles. The number of benzene rings is 1. The van der Waals surface area contributed by atoms with Gasteiger partial charge in [-0.2, -0.15) is 15.4 Å². The lowest BCUT2D eigenvalue weighted by Gasteiger charge is -2.21. The maximum absolute atomic E-state index is 12.3. The Bertz CT molecular complexity index is 583. The Kier molecular flexibility index (Phi) is 5.03. The lowest BCUT2D eigenvalue weighted by molar-refractivity contribution is -0.118. The van der Waals surface area contributed by atoms with Crippen molar-refractivity contribution in [1.82, 2.24) is 20.3 Å². The van der Waals surface area contributed by atoms with Gasteiger partial charge in [0.25, 0.3) is 5.91 Å². The van der Waals surface area contributed by atoms with Crippen molar-refractivity contribution in [2.24, 2.45) is 5.73 Å². The summed E-state index contributed by atoms with van der Waals surface area (Å²) in [5, 5.41) is 9.80. The number of nitrogens with one attached hydrogen (secondary N) is 1. The number of amides is 2. The van der Waals surface area contributed by atoms with Crippen molar-refractivity contribution in [3.05, 3.63) is 47.8 Å². The molecule has 110 valence electrons. The van der Waals surface area contributed by atoms with E-state index >= 15 is 0 Å². The van der Waals surface area contributed by atoms with Crippen molar-refractivity contribution < 1.29 is 9.59 Å². The van der Waals surface area contributed by atoms with E-state index in [1.807, 2.05) is 30.3 Å². The summed E-state index contributed by atoms with van der Waals surface area (Å²) in [5.41, 5.74) is 6.50. The molecule has 2 amide bonds. The van der Waals surface area contributed by atoms with Gasteiger partial charge in [0.15, 0.2) is 5.69 Å². The van der Waals surface area contributed by atoms with Crippen LogP contribution in [0.25, 0.3) is 0 Å². The highest BCUT2D eigenvalue weighted by Gasteiger charge is 2.18. The van der Waals surface area contributed by atoms with Crippen molar-refractivity contribution in [1.29, 1.82) is 0 Å². The quantitative estimate of drug-likeness (QED) is 0.767. The lowest BCUT2D eigenvalue weighted by atomic mass is 10.1. The van der Waals surface area contributed by atoms with Gasteiger partial charge in [-0.25, -0.2) is 0 Å². The summed E-state index contributed by atoms with van der Waals surface area (Å²) in [5.74, 6) is -0.700. The predicted molar refractivity (Wildman–Crippen MR) is 76.2 cm³/mol. The molecule has 0 aliphatic rings. The highest BCUT2D eigenvalue weighted by molar-refractivity contribution is 5.92. The van der Waals surface area contributed by atoms with Gasteiger partial charge in [-0.15, -0.1) is 0 Å². The summed E-state index contributed by atoms with van der Waals surface area (Å²) < 4.78 is 0. The first kappa shape index (κ1) is 14.7. The van der Waals surface area contributed by atoms with Gasteiger partial charge in [0.2, 0.25) is 5.91 Å². The van der Waals surface area contributed by atoms with E-state index in [2.05, 4.69) is 15.4 Å². The number of hydrogen-bond acceptors (Lipinski definition) is 4. The van der Waals surface area contributed by atoms with Gasteiger partial charge < -0.3 is 10.6 Å². The standard InChI is InChI=1S/C14H17N5O2/c15-13(20)7-9-19(14(21)12-10-16-18-17-12)8-6-11-4-2-1-3-5-11/h1-5,10H,6-9H2,(H2,15,20)(H,16,17,18). The second-order valence-electron chi connectivity index (χ2n) is 4.60. The average molecular weight is 287 g/mol. The molecule has 21 heavy (non-hydrogen) atoms. The molecule has 0 radical (unpaired) electrons. The van der Waals surface area contributed by atoms with E-state index < -0.39 is 5.91 Å². The molecule has 0 spiro atoms. The molecule has 1 heterocycles. The maximum atomic E-state index is 12.3. The molecule has 0 atom stereocenters. The second kappa shape index (κ2) is 7.18. The zero-order valence-corrected chi connectivity index (χ0v) is 11.5. The van der Waals surface area contributed by atoms with E-state index in [1.165, 1.54) is 6.20 Å². The molecule has 2 aromatic rings. The molecule has 0 aliphatic heterocycles. The molecule has 0 fully saturated rings. The third-order valence-electron chi connectivity index (χ3n) is 3.06. The zero-order valence-electron chi connectivity index (χ0n) is 11.5. The first-order chi connectivity index (χ1) is 10.2. The maximum Gasteiger partial charge on any atom is 0.276 e. The molecule has 1 aromatic heterocycles. The number of H-pyrrole nitrogens is 1. The number of aromatic amines is 1. The highest BCUT2D eigenvalue weighted by atomic mass is 16.2. The number of rotatable bonds is 7. The Morgan fingerprint density at radius 2 is 1.95 bits per heavy atom. The van der Waals surface area contributed by atoms with E-state index in [0.717, 1.165) is 5.56 Å². The molecule has 7 heteroatoms. The van der Waals surface area contributed by atoms with Gasteiger partial charge in [0.05, 0.1) is 6.20 Å². The van der Waals surface area contributed by atoms with Crippen LogP contribution in [0, 0.1) is 0 Å². The van der Waals surface area contributed by atoms with Crippen LogP contribution in [-0.2, 0) is 11.2 Å². The third kappa shape index (κ3) is 4.41. The van der Waals surface area contributed by atoms with Crippen LogP contribution < -0.4 is 5.73 Å². The van der Waals surface area contributed by atoms with Crippen molar-refractivity contribution in [3.63, 3.8) is 0 Å². The minimum absolute atomic E-state index is 0.123. The molecular weight excluding hydrogens is 270 g/mol. The van der Waals surface area contributed by atoms with Crippen molar-refractivity contribution in [3.8, 4) is 0 Å². The number of carbonyl (C=O) groups excluding carboxylic acids is 2. The van der Waals surface area contributed by atoms with Crippen LogP contribution in [-0.4, -0.2) is 45.2 Å². The summed E-state index contributed by atoms with van der Waals surface area (Å²) >= 11 is 0. The first-order valence-electron chi connectivity index (χ1n) is 6.64. The number of nitrogens with two attached hydrogens (primary N) is 1. The van der Waals surface area contributed by atoms with Gasteiger partial charge in [-0.05, 0) is 12.0 Å². The first-order valence-corrected chi connectivity index (χ1v) is 6.64. The molecule has 2 rings (SSSR count). The average Bonchev–Trinajstić information content (AvgIpc) is 3.02. The summed E-state index contributed by atoms with van der Waals surface area (Å²) in [7, 11) is 0. The van der Waals surface area contributed by atoms with E-state index in [4.69, 9.17) is 5.73 Å². The Morgan fingerprint density at radius 1 is 1.19 bits per heavy atom. The van der Waals surface area contributed by atoms with Crippen LogP contribution in [0.15, 0.2) is 36.5 Å². The minimum atomic E-state index is -0.437. The van der Waals surface area contributed by atoms with Crippen molar-refractivity contribution in [2.45, 2.75) is 12.8 Å². The molecule has 3 N–H and O–H groups in total. The Balaban J connectivity index is 2.01. The molecule has 0 saturated carbocycles. The van der Waals surface area contributed by atoms with Crippen LogP contribution >= 0.6 is 0 Å². The monoisotopic (exact) mass is 287 g/mol. The third-order valence-corrected chi connectivity index (χ3v) is 3.06. The fourth-order valence-electron chi connectivity index (χ4n) is 1.94. The zero-order chi connectivity index (χ0) is 15.1. The largest absolute Gasteiger partial charge is 0.370 e. The number of carbonyl (C=O) groups is 2. The van der Waals surface area contributed by atoms with E-state index in [1.54, 1.807) is 4.90 Å².